The predicted molar refractivity (Wildman–Crippen MR) is 80.3 cm³/mol. The second-order valence-corrected chi connectivity index (χ2v) is 4.45. The zero-order chi connectivity index (χ0) is 15.2. The Hall–Kier alpha value is -2.73. The van der Waals surface area contributed by atoms with Gasteiger partial charge in [0.2, 0.25) is 0 Å². The predicted octanol–water partition coefficient (Wildman–Crippen LogP) is 2.57. The summed E-state index contributed by atoms with van der Waals surface area (Å²) < 4.78 is 0. The van der Waals surface area contributed by atoms with Gasteiger partial charge < -0.3 is 10.6 Å². The first-order valence-corrected chi connectivity index (χ1v) is 6.40. The van der Waals surface area contributed by atoms with Gasteiger partial charge in [0.05, 0.1) is 4.92 Å². The van der Waals surface area contributed by atoms with E-state index in [2.05, 4.69) is 10.6 Å². The summed E-state index contributed by atoms with van der Waals surface area (Å²) in [5.74, 6) is -0.373. The minimum absolute atomic E-state index is 0.105. The van der Waals surface area contributed by atoms with E-state index >= 15 is 0 Å². The van der Waals surface area contributed by atoms with Gasteiger partial charge >= 0.3 is 0 Å². The molecule has 0 aromatic heterocycles. The lowest BCUT2D eigenvalue weighted by Gasteiger charge is -2.10. The maximum absolute atomic E-state index is 12.2. The number of nitrogens with zero attached hydrogens (tertiary/aromatic N) is 1. The first-order chi connectivity index (χ1) is 10.1. The monoisotopic (exact) mass is 285 g/mol. The number of amides is 1. The third-order valence-corrected chi connectivity index (χ3v) is 2.95. The van der Waals surface area contributed by atoms with E-state index in [1.165, 1.54) is 18.2 Å². The maximum atomic E-state index is 12.2. The number of benzene rings is 2. The molecule has 21 heavy (non-hydrogen) atoms. The van der Waals surface area contributed by atoms with Gasteiger partial charge in [0.1, 0.15) is 0 Å². The maximum Gasteiger partial charge on any atom is 0.270 e. The summed E-state index contributed by atoms with van der Waals surface area (Å²) in [5, 5.41) is 16.5. The van der Waals surface area contributed by atoms with Gasteiger partial charge in [-0.1, -0.05) is 24.3 Å². The summed E-state index contributed by atoms with van der Waals surface area (Å²) in [6.07, 6.45) is 0. The zero-order valence-electron chi connectivity index (χ0n) is 11.5. The Bertz CT molecular complexity index is 671. The molecule has 0 spiro atoms. The Morgan fingerprint density at radius 3 is 2.67 bits per heavy atom. The molecular formula is C15H15N3O3. The summed E-state index contributed by atoms with van der Waals surface area (Å²) in [6.45, 7) is 0.616. The molecule has 1 amide bonds. The highest BCUT2D eigenvalue weighted by molar-refractivity contribution is 6.05. The zero-order valence-corrected chi connectivity index (χ0v) is 11.5. The molecule has 0 aliphatic rings. The number of rotatable bonds is 5. The highest BCUT2D eigenvalue weighted by Gasteiger charge is 2.12. The summed E-state index contributed by atoms with van der Waals surface area (Å²) in [4.78, 5) is 22.4. The Balaban J connectivity index is 2.22. The Morgan fingerprint density at radius 2 is 1.95 bits per heavy atom. The molecule has 0 unspecified atom stereocenters. The lowest BCUT2D eigenvalue weighted by Crippen LogP contribution is -2.15. The number of nitro benzene ring substituents is 1. The molecule has 0 heterocycles. The van der Waals surface area contributed by atoms with Crippen LogP contribution in [-0.2, 0) is 6.54 Å². The van der Waals surface area contributed by atoms with Crippen LogP contribution in [0.2, 0.25) is 0 Å². The Morgan fingerprint density at radius 1 is 1.19 bits per heavy atom. The topological polar surface area (TPSA) is 84.3 Å². The molecule has 0 aliphatic carbocycles. The Kier molecular flexibility index (Phi) is 4.63. The summed E-state index contributed by atoms with van der Waals surface area (Å²) >= 11 is 0. The molecule has 0 saturated heterocycles. The van der Waals surface area contributed by atoms with Gasteiger partial charge in [-0.3, -0.25) is 14.9 Å². The first-order valence-electron chi connectivity index (χ1n) is 6.40. The van der Waals surface area contributed by atoms with E-state index in [0.717, 1.165) is 5.56 Å². The SMILES string of the molecule is CNCc1ccccc1NC(=O)c1cccc([N+](=O)[O-])c1. The molecule has 2 aromatic carbocycles. The van der Waals surface area contributed by atoms with Crippen molar-refractivity contribution >= 4 is 17.3 Å². The van der Waals surface area contributed by atoms with E-state index in [0.29, 0.717) is 12.2 Å². The molecule has 2 rings (SSSR count). The van der Waals surface area contributed by atoms with Gasteiger partial charge in [-0.05, 0) is 24.7 Å². The normalized spacial score (nSPS) is 10.1. The number of hydrogen-bond donors (Lipinski definition) is 2. The van der Waals surface area contributed by atoms with Gasteiger partial charge in [0.25, 0.3) is 11.6 Å². The molecular weight excluding hydrogens is 270 g/mol. The van der Waals surface area contributed by atoms with Crippen LogP contribution in [0.1, 0.15) is 15.9 Å². The average Bonchev–Trinajstić information content (AvgIpc) is 2.49. The van der Waals surface area contributed by atoms with Gasteiger partial charge in [0.15, 0.2) is 0 Å². The molecule has 0 aliphatic heterocycles. The summed E-state index contributed by atoms with van der Waals surface area (Å²) in [6, 6.07) is 13.1. The van der Waals surface area contributed by atoms with Crippen LogP contribution in [0.3, 0.4) is 0 Å². The van der Waals surface area contributed by atoms with E-state index in [9.17, 15) is 14.9 Å². The fourth-order valence-electron chi connectivity index (χ4n) is 1.94. The number of non-ortho nitro benzene ring substituents is 1. The van der Waals surface area contributed by atoms with Crippen molar-refractivity contribution in [1.29, 1.82) is 0 Å². The van der Waals surface area contributed by atoms with Crippen LogP contribution in [0.15, 0.2) is 48.5 Å². The van der Waals surface area contributed by atoms with Crippen molar-refractivity contribution in [3.05, 3.63) is 69.8 Å². The fourth-order valence-corrected chi connectivity index (χ4v) is 1.94. The van der Waals surface area contributed by atoms with Crippen molar-refractivity contribution < 1.29 is 9.72 Å². The van der Waals surface area contributed by atoms with Gasteiger partial charge in [-0.15, -0.1) is 0 Å². The highest BCUT2D eigenvalue weighted by atomic mass is 16.6. The van der Waals surface area contributed by atoms with Crippen molar-refractivity contribution in [2.24, 2.45) is 0 Å². The minimum Gasteiger partial charge on any atom is -0.322 e. The molecule has 6 nitrogen and oxygen atoms in total. The molecule has 2 aromatic rings. The number of carbonyl (C=O) groups excluding carboxylic acids is 1. The van der Waals surface area contributed by atoms with Crippen molar-refractivity contribution in [2.45, 2.75) is 6.54 Å². The van der Waals surface area contributed by atoms with Crippen LogP contribution in [-0.4, -0.2) is 17.9 Å². The van der Waals surface area contributed by atoms with Crippen LogP contribution in [0, 0.1) is 10.1 Å². The molecule has 0 fully saturated rings. The van der Waals surface area contributed by atoms with Crippen molar-refractivity contribution in [1.82, 2.24) is 5.32 Å². The highest BCUT2D eigenvalue weighted by Crippen LogP contribution is 2.18. The van der Waals surface area contributed by atoms with Crippen molar-refractivity contribution in [3.63, 3.8) is 0 Å². The van der Waals surface area contributed by atoms with Crippen LogP contribution < -0.4 is 10.6 Å². The molecule has 0 saturated carbocycles. The smallest absolute Gasteiger partial charge is 0.270 e. The fraction of sp³-hybridized carbons (Fsp3) is 0.133. The molecule has 0 radical (unpaired) electrons. The molecule has 2 N–H and O–H groups in total. The van der Waals surface area contributed by atoms with E-state index in [-0.39, 0.29) is 17.2 Å². The standard InChI is InChI=1S/C15H15N3O3/c1-16-10-12-5-2-3-8-14(12)17-15(19)11-6-4-7-13(9-11)18(20)21/h2-9,16H,10H2,1H3,(H,17,19). The lowest BCUT2D eigenvalue weighted by atomic mass is 10.1. The van der Waals surface area contributed by atoms with E-state index < -0.39 is 4.92 Å². The van der Waals surface area contributed by atoms with Gasteiger partial charge in [-0.2, -0.15) is 0 Å². The van der Waals surface area contributed by atoms with E-state index in [4.69, 9.17) is 0 Å². The Labute approximate surface area is 121 Å². The second kappa shape index (κ2) is 6.62. The minimum atomic E-state index is -0.522. The number of anilines is 1. The number of para-hydroxylation sites is 1. The average molecular weight is 285 g/mol. The van der Waals surface area contributed by atoms with E-state index in [1.54, 1.807) is 12.1 Å². The summed E-state index contributed by atoms with van der Waals surface area (Å²) in [5.41, 5.74) is 1.77. The number of nitrogens with one attached hydrogen (secondary N) is 2. The van der Waals surface area contributed by atoms with Crippen LogP contribution in [0.25, 0.3) is 0 Å². The second-order valence-electron chi connectivity index (χ2n) is 4.45. The third kappa shape index (κ3) is 3.64. The largest absolute Gasteiger partial charge is 0.322 e. The molecule has 0 atom stereocenters. The van der Waals surface area contributed by atoms with Crippen molar-refractivity contribution in [3.8, 4) is 0 Å². The summed E-state index contributed by atoms with van der Waals surface area (Å²) in [7, 11) is 1.82. The molecule has 108 valence electrons. The third-order valence-electron chi connectivity index (χ3n) is 2.95. The van der Waals surface area contributed by atoms with E-state index in [1.807, 2.05) is 25.2 Å². The number of hydrogen-bond acceptors (Lipinski definition) is 4. The molecule has 0 bridgehead atoms. The van der Waals surface area contributed by atoms with Gasteiger partial charge in [0, 0.05) is 29.9 Å². The number of nitro groups is 1. The quantitative estimate of drug-likeness (QED) is 0.653. The molecule has 6 heteroatoms. The lowest BCUT2D eigenvalue weighted by molar-refractivity contribution is -0.384. The van der Waals surface area contributed by atoms with Gasteiger partial charge in [-0.25, -0.2) is 0 Å². The number of carbonyl (C=O) groups is 1. The first kappa shape index (κ1) is 14.7. The van der Waals surface area contributed by atoms with Crippen LogP contribution in [0.4, 0.5) is 11.4 Å². The van der Waals surface area contributed by atoms with Crippen LogP contribution in [0.5, 0.6) is 0 Å². The van der Waals surface area contributed by atoms with Crippen molar-refractivity contribution in [2.75, 3.05) is 12.4 Å². The van der Waals surface area contributed by atoms with Crippen LogP contribution >= 0.6 is 0 Å².